The largest absolute Gasteiger partial charge is 0.334 e. The van der Waals surface area contributed by atoms with E-state index in [9.17, 15) is 4.79 Å². The quantitative estimate of drug-likeness (QED) is 0.697. The van der Waals surface area contributed by atoms with Gasteiger partial charge in [-0.15, -0.1) is 0 Å². The molecule has 0 bridgehead atoms. The van der Waals surface area contributed by atoms with Gasteiger partial charge in [0.2, 0.25) is 0 Å². The summed E-state index contributed by atoms with van der Waals surface area (Å²) < 4.78 is 0. The number of urea groups is 1. The van der Waals surface area contributed by atoms with Gasteiger partial charge in [-0.3, -0.25) is 0 Å². The summed E-state index contributed by atoms with van der Waals surface area (Å²) in [5, 5.41) is 6.89. The van der Waals surface area contributed by atoms with Gasteiger partial charge >= 0.3 is 6.03 Å². The molecule has 0 unspecified atom stereocenters. The highest BCUT2D eigenvalue weighted by Gasteiger charge is 2.23. The highest BCUT2D eigenvalue weighted by atomic mass is 35.5. The van der Waals surface area contributed by atoms with E-state index in [0.717, 1.165) is 19.3 Å². The van der Waals surface area contributed by atoms with Crippen molar-refractivity contribution in [2.45, 2.75) is 37.0 Å². The Labute approximate surface area is 128 Å². The van der Waals surface area contributed by atoms with Crippen LogP contribution in [0, 0.1) is 0 Å². The SMILES string of the molecule is O=C(Nc1cc(Cl)cc(Cl)c1)N[C@H]1CCCC[C@@H]1S. The molecule has 1 aliphatic rings. The zero-order valence-corrected chi connectivity index (χ0v) is 12.7. The molecule has 0 aromatic heterocycles. The number of hydrogen-bond donors (Lipinski definition) is 3. The van der Waals surface area contributed by atoms with Crippen molar-refractivity contribution in [3.8, 4) is 0 Å². The Morgan fingerprint density at radius 2 is 1.79 bits per heavy atom. The number of rotatable bonds is 2. The lowest BCUT2D eigenvalue weighted by Gasteiger charge is -2.28. The van der Waals surface area contributed by atoms with Crippen molar-refractivity contribution in [1.29, 1.82) is 0 Å². The number of benzene rings is 1. The average Bonchev–Trinajstić information content (AvgIpc) is 2.30. The van der Waals surface area contributed by atoms with Crippen molar-refractivity contribution in [3.05, 3.63) is 28.2 Å². The van der Waals surface area contributed by atoms with Gasteiger partial charge in [0, 0.05) is 27.0 Å². The van der Waals surface area contributed by atoms with Crippen LogP contribution in [0.4, 0.5) is 10.5 Å². The zero-order valence-electron chi connectivity index (χ0n) is 10.3. The van der Waals surface area contributed by atoms with E-state index in [-0.39, 0.29) is 17.3 Å². The Balaban J connectivity index is 1.93. The van der Waals surface area contributed by atoms with Crippen LogP contribution >= 0.6 is 35.8 Å². The summed E-state index contributed by atoms with van der Waals surface area (Å²) in [5.41, 5.74) is 0.585. The predicted molar refractivity (Wildman–Crippen MR) is 83.6 cm³/mol. The average molecular weight is 319 g/mol. The molecule has 0 saturated heterocycles. The van der Waals surface area contributed by atoms with Crippen LogP contribution in [0.3, 0.4) is 0 Å². The summed E-state index contributed by atoms with van der Waals surface area (Å²) in [7, 11) is 0. The predicted octanol–water partition coefficient (Wildman–Crippen LogP) is 4.36. The lowest BCUT2D eigenvalue weighted by Crippen LogP contribution is -2.44. The summed E-state index contributed by atoms with van der Waals surface area (Å²) in [6.45, 7) is 0. The maximum absolute atomic E-state index is 11.9. The van der Waals surface area contributed by atoms with Gasteiger partial charge in [0.1, 0.15) is 0 Å². The monoisotopic (exact) mass is 318 g/mol. The van der Waals surface area contributed by atoms with Crippen molar-refractivity contribution >= 4 is 47.5 Å². The summed E-state index contributed by atoms with van der Waals surface area (Å²) >= 11 is 16.3. The molecule has 19 heavy (non-hydrogen) atoms. The van der Waals surface area contributed by atoms with Crippen molar-refractivity contribution in [2.24, 2.45) is 0 Å². The number of thiol groups is 1. The van der Waals surface area contributed by atoms with Crippen LogP contribution in [0.5, 0.6) is 0 Å². The topological polar surface area (TPSA) is 41.1 Å². The first kappa shape index (κ1) is 14.8. The van der Waals surface area contributed by atoms with Gasteiger partial charge < -0.3 is 10.6 Å². The van der Waals surface area contributed by atoms with Gasteiger partial charge in [-0.25, -0.2) is 4.79 Å². The smallest absolute Gasteiger partial charge is 0.319 e. The van der Waals surface area contributed by atoms with Gasteiger partial charge in [0.05, 0.1) is 0 Å². The Morgan fingerprint density at radius 1 is 1.16 bits per heavy atom. The zero-order chi connectivity index (χ0) is 13.8. The molecule has 1 saturated carbocycles. The molecule has 1 aromatic carbocycles. The molecule has 0 spiro atoms. The number of amides is 2. The van der Waals surface area contributed by atoms with Gasteiger partial charge in [-0.2, -0.15) is 12.6 Å². The molecule has 104 valence electrons. The maximum Gasteiger partial charge on any atom is 0.319 e. The fraction of sp³-hybridized carbons (Fsp3) is 0.462. The lowest BCUT2D eigenvalue weighted by atomic mass is 9.95. The minimum absolute atomic E-state index is 0.117. The molecule has 1 aliphatic carbocycles. The fourth-order valence-electron chi connectivity index (χ4n) is 2.24. The number of carbonyl (C=O) groups excluding carboxylic acids is 1. The van der Waals surface area contributed by atoms with Crippen LogP contribution in [0.25, 0.3) is 0 Å². The number of carbonyl (C=O) groups is 1. The van der Waals surface area contributed by atoms with Crippen LogP contribution in [0.1, 0.15) is 25.7 Å². The van der Waals surface area contributed by atoms with Crippen LogP contribution in [0.2, 0.25) is 10.0 Å². The third-order valence-corrected chi connectivity index (χ3v) is 4.22. The Bertz CT molecular complexity index is 450. The lowest BCUT2D eigenvalue weighted by molar-refractivity contribution is 0.245. The van der Waals surface area contributed by atoms with E-state index in [0.29, 0.717) is 15.7 Å². The van der Waals surface area contributed by atoms with Gasteiger partial charge in [0.15, 0.2) is 0 Å². The van der Waals surface area contributed by atoms with E-state index in [4.69, 9.17) is 23.2 Å². The maximum atomic E-state index is 11.9. The number of nitrogens with one attached hydrogen (secondary N) is 2. The second-order valence-corrected chi connectivity index (χ2v) is 6.25. The van der Waals surface area contributed by atoms with E-state index in [1.54, 1.807) is 18.2 Å². The summed E-state index contributed by atoms with van der Waals surface area (Å²) in [5.74, 6) is 0. The number of halogens is 2. The van der Waals surface area contributed by atoms with Crippen LogP contribution < -0.4 is 10.6 Å². The molecule has 2 rings (SSSR count). The molecule has 1 fully saturated rings. The number of anilines is 1. The minimum Gasteiger partial charge on any atom is -0.334 e. The van der Waals surface area contributed by atoms with E-state index in [1.807, 2.05) is 0 Å². The molecule has 0 heterocycles. The Hall–Kier alpha value is -0.580. The molecule has 0 radical (unpaired) electrons. The molecule has 2 amide bonds. The molecular weight excluding hydrogens is 303 g/mol. The van der Waals surface area contributed by atoms with Crippen molar-refractivity contribution in [2.75, 3.05) is 5.32 Å². The van der Waals surface area contributed by atoms with E-state index < -0.39 is 0 Å². The van der Waals surface area contributed by atoms with Gasteiger partial charge in [-0.05, 0) is 31.0 Å². The standard InChI is InChI=1S/C13H16Cl2N2OS/c14-8-5-9(15)7-10(6-8)16-13(18)17-11-3-1-2-4-12(11)19/h5-7,11-12,19H,1-4H2,(H2,16,17,18)/t11-,12-/m0/s1. The fourth-order valence-corrected chi connectivity index (χ4v) is 3.17. The number of hydrogen-bond acceptors (Lipinski definition) is 2. The third-order valence-electron chi connectivity index (χ3n) is 3.17. The first-order valence-electron chi connectivity index (χ1n) is 6.26. The van der Waals surface area contributed by atoms with Gasteiger partial charge in [0.25, 0.3) is 0 Å². The first-order valence-corrected chi connectivity index (χ1v) is 7.53. The molecule has 2 N–H and O–H groups in total. The van der Waals surface area contributed by atoms with Crippen molar-refractivity contribution in [1.82, 2.24) is 5.32 Å². The summed E-state index contributed by atoms with van der Waals surface area (Å²) in [4.78, 5) is 11.9. The second kappa shape index (κ2) is 6.73. The second-order valence-electron chi connectivity index (χ2n) is 4.71. The van der Waals surface area contributed by atoms with Gasteiger partial charge in [-0.1, -0.05) is 36.0 Å². The molecule has 3 nitrogen and oxygen atoms in total. The van der Waals surface area contributed by atoms with Crippen molar-refractivity contribution < 1.29 is 4.79 Å². The molecule has 1 aromatic rings. The Morgan fingerprint density at radius 3 is 2.42 bits per heavy atom. The minimum atomic E-state index is -0.246. The first-order chi connectivity index (χ1) is 9.04. The van der Waals surface area contributed by atoms with E-state index >= 15 is 0 Å². The molecule has 6 heteroatoms. The molecule has 2 atom stereocenters. The van der Waals surface area contributed by atoms with E-state index in [1.165, 1.54) is 6.42 Å². The highest BCUT2D eigenvalue weighted by molar-refractivity contribution is 7.81. The normalized spacial score (nSPS) is 22.9. The molecular formula is C13H16Cl2N2OS. The van der Waals surface area contributed by atoms with Crippen LogP contribution in [0.15, 0.2) is 18.2 Å². The summed E-state index contributed by atoms with van der Waals surface area (Å²) in [6.07, 6.45) is 4.32. The summed E-state index contributed by atoms with van der Waals surface area (Å²) in [6, 6.07) is 4.81. The molecule has 0 aliphatic heterocycles. The van der Waals surface area contributed by atoms with Crippen LogP contribution in [-0.2, 0) is 0 Å². The van der Waals surface area contributed by atoms with Crippen molar-refractivity contribution in [3.63, 3.8) is 0 Å². The van der Waals surface area contributed by atoms with Crippen LogP contribution in [-0.4, -0.2) is 17.3 Å². The third kappa shape index (κ3) is 4.48. The van der Waals surface area contributed by atoms with E-state index in [2.05, 4.69) is 23.3 Å². The Kier molecular flexibility index (Phi) is 5.25. The highest BCUT2D eigenvalue weighted by Crippen LogP contribution is 2.24.